The molecule has 4 nitrogen and oxygen atoms in total. The van der Waals surface area contributed by atoms with Crippen LogP contribution in [-0.2, 0) is 0 Å². The van der Waals surface area contributed by atoms with Crippen LogP contribution in [0.25, 0.3) is 11.3 Å². The first-order chi connectivity index (χ1) is 9.20. The number of halogens is 2. The van der Waals surface area contributed by atoms with E-state index in [4.69, 9.17) is 0 Å². The van der Waals surface area contributed by atoms with Crippen LogP contribution in [0.1, 0.15) is 6.92 Å². The van der Waals surface area contributed by atoms with Gasteiger partial charge in [0, 0.05) is 24.5 Å². The molecule has 1 heterocycles. The lowest BCUT2D eigenvalue weighted by atomic mass is 10.1. The molecule has 0 aliphatic rings. The highest BCUT2D eigenvalue weighted by Gasteiger charge is 2.08. The van der Waals surface area contributed by atoms with E-state index >= 15 is 0 Å². The molecular weight excluding hydrogens is 252 g/mol. The van der Waals surface area contributed by atoms with Crippen molar-refractivity contribution in [1.82, 2.24) is 9.97 Å². The summed E-state index contributed by atoms with van der Waals surface area (Å²) >= 11 is 0. The quantitative estimate of drug-likeness (QED) is 0.902. The van der Waals surface area contributed by atoms with Gasteiger partial charge in [0.05, 0.1) is 0 Å². The molecule has 0 aliphatic carbocycles. The van der Waals surface area contributed by atoms with Crippen LogP contribution in [0.2, 0.25) is 0 Å². The molecule has 100 valence electrons. The summed E-state index contributed by atoms with van der Waals surface area (Å²) in [5.41, 5.74) is 1.46. The lowest BCUT2D eigenvalue weighted by Crippen LogP contribution is -2.03. The molecule has 0 saturated heterocycles. The largest absolute Gasteiger partial charge is 0.435 e. The molecule has 0 spiro atoms. The van der Waals surface area contributed by atoms with Gasteiger partial charge >= 0.3 is 6.61 Å². The number of hydrogen-bond acceptors (Lipinski definition) is 4. The summed E-state index contributed by atoms with van der Waals surface area (Å²) in [6.07, 6.45) is 3.18. The number of aromatic nitrogens is 2. The molecule has 1 aromatic heterocycles. The van der Waals surface area contributed by atoms with Gasteiger partial charge in [0.15, 0.2) is 5.82 Å². The van der Waals surface area contributed by atoms with E-state index in [-0.39, 0.29) is 5.75 Å². The Bertz CT molecular complexity index is 532. The lowest BCUT2D eigenvalue weighted by Gasteiger charge is -2.09. The van der Waals surface area contributed by atoms with Gasteiger partial charge in [0.1, 0.15) is 11.4 Å². The number of hydrogen-bond donors (Lipinski definition) is 1. The second kappa shape index (κ2) is 6.08. The van der Waals surface area contributed by atoms with E-state index in [2.05, 4.69) is 20.0 Å². The summed E-state index contributed by atoms with van der Waals surface area (Å²) in [5.74, 6) is 0.778. The first kappa shape index (κ1) is 13.2. The number of nitrogens with zero attached hydrogens (tertiary/aromatic N) is 2. The summed E-state index contributed by atoms with van der Waals surface area (Å²) in [6.45, 7) is -0.143. The third kappa shape index (κ3) is 3.37. The van der Waals surface area contributed by atoms with Gasteiger partial charge in [-0.1, -0.05) is 0 Å². The van der Waals surface area contributed by atoms with Gasteiger partial charge in [-0.25, -0.2) is 4.98 Å². The highest BCUT2D eigenvalue weighted by Crippen LogP contribution is 2.25. The van der Waals surface area contributed by atoms with Crippen molar-refractivity contribution in [2.45, 2.75) is 13.5 Å². The maximum atomic E-state index is 12.1. The second-order valence-electron chi connectivity index (χ2n) is 3.69. The van der Waals surface area contributed by atoms with Crippen LogP contribution in [0.5, 0.6) is 5.75 Å². The normalized spacial score (nSPS) is 10.5. The van der Waals surface area contributed by atoms with Gasteiger partial charge in [-0.3, -0.25) is 4.98 Å². The zero-order chi connectivity index (χ0) is 13.7. The average molecular weight is 265 g/mol. The van der Waals surface area contributed by atoms with Gasteiger partial charge in [0.2, 0.25) is 0 Å². The molecule has 0 saturated carbocycles. The Hall–Kier alpha value is -2.24. The fraction of sp³-hybridized carbons (Fsp3) is 0.231. The molecule has 0 amide bonds. The Labute approximate surface area is 109 Å². The summed E-state index contributed by atoms with van der Waals surface area (Å²) in [4.78, 5) is 8.43. The average Bonchev–Trinajstić information content (AvgIpc) is 2.40. The number of nitrogens with one attached hydrogen (secondary N) is 1. The Balaban J connectivity index is 2.27. The van der Waals surface area contributed by atoms with Crippen molar-refractivity contribution in [3.8, 4) is 17.0 Å². The molecule has 0 fully saturated rings. The predicted octanol–water partition coefficient (Wildman–Crippen LogP) is 3.18. The highest BCUT2D eigenvalue weighted by atomic mass is 19.3. The summed E-state index contributed by atoms with van der Waals surface area (Å²) in [6, 6.07) is 6.29. The van der Waals surface area contributed by atoms with Crippen molar-refractivity contribution < 1.29 is 13.5 Å². The zero-order valence-corrected chi connectivity index (χ0v) is 10.3. The van der Waals surface area contributed by atoms with Crippen molar-refractivity contribution >= 4 is 5.82 Å². The van der Waals surface area contributed by atoms with E-state index in [9.17, 15) is 8.78 Å². The molecule has 1 aromatic carbocycles. The summed E-state index contributed by atoms with van der Waals surface area (Å²) < 4.78 is 28.4. The van der Waals surface area contributed by atoms with Gasteiger partial charge in [0.25, 0.3) is 0 Å². The molecule has 0 atom stereocenters. The monoisotopic (exact) mass is 265 g/mol. The van der Waals surface area contributed by atoms with Crippen LogP contribution in [0, 0.1) is 0 Å². The van der Waals surface area contributed by atoms with E-state index in [0.717, 1.165) is 12.1 Å². The first-order valence-corrected chi connectivity index (χ1v) is 5.81. The number of rotatable bonds is 5. The molecule has 6 heteroatoms. The fourth-order valence-electron chi connectivity index (χ4n) is 1.64. The van der Waals surface area contributed by atoms with Crippen LogP contribution in [0.3, 0.4) is 0 Å². The number of benzene rings is 1. The van der Waals surface area contributed by atoms with Gasteiger partial charge in [-0.05, 0) is 31.2 Å². The molecule has 0 radical (unpaired) electrons. The van der Waals surface area contributed by atoms with Crippen LogP contribution < -0.4 is 10.1 Å². The van der Waals surface area contributed by atoms with E-state index in [1.165, 1.54) is 12.1 Å². The smallest absolute Gasteiger partial charge is 0.387 e. The van der Waals surface area contributed by atoms with E-state index < -0.39 is 6.61 Å². The maximum Gasteiger partial charge on any atom is 0.387 e. The van der Waals surface area contributed by atoms with E-state index in [1.54, 1.807) is 24.5 Å². The standard InChI is InChI=1S/C13H13F2N3O/c1-2-16-12-11(17-7-8-18-12)9-3-5-10(6-4-9)19-13(14)15/h3-8,13H,2H2,1H3,(H,16,18). The molecule has 2 aromatic rings. The van der Waals surface area contributed by atoms with Crippen molar-refractivity contribution in [3.63, 3.8) is 0 Å². The molecule has 0 aliphatic heterocycles. The molecule has 0 unspecified atom stereocenters. The van der Waals surface area contributed by atoms with Crippen LogP contribution in [0.4, 0.5) is 14.6 Å². The van der Waals surface area contributed by atoms with Crippen molar-refractivity contribution in [1.29, 1.82) is 0 Å². The van der Waals surface area contributed by atoms with Crippen LogP contribution >= 0.6 is 0 Å². The third-order valence-electron chi connectivity index (χ3n) is 2.40. The van der Waals surface area contributed by atoms with Gasteiger partial charge < -0.3 is 10.1 Å². The van der Waals surface area contributed by atoms with Crippen molar-refractivity contribution in [2.24, 2.45) is 0 Å². The van der Waals surface area contributed by atoms with Gasteiger partial charge in [-0.15, -0.1) is 0 Å². The highest BCUT2D eigenvalue weighted by molar-refractivity contribution is 5.71. The molecule has 19 heavy (non-hydrogen) atoms. The molecule has 2 rings (SSSR count). The van der Waals surface area contributed by atoms with Crippen molar-refractivity contribution in [2.75, 3.05) is 11.9 Å². The lowest BCUT2D eigenvalue weighted by molar-refractivity contribution is -0.0498. The second-order valence-corrected chi connectivity index (χ2v) is 3.69. The zero-order valence-electron chi connectivity index (χ0n) is 10.3. The predicted molar refractivity (Wildman–Crippen MR) is 68.3 cm³/mol. The fourth-order valence-corrected chi connectivity index (χ4v) is 1.64. The minimum absolute atomic E-state index is 0.118. The number of alkyl halides is 2. The molecule has 1 N–H and O–H groups in total. The Morgan fingerprint density at radius 1 is 1.16 bits per heavy atom. The van der Waals surface area contributed by atoms with Crippen molar-refractivity contribution in [3.05, 3.63) is 36.7 Å². The minimum atomic E-state index is -2.82. The summed E-state index contributed by atoms with van der Waals surface area (Å²) in [7, 11) is 0. The maximum absolute atomic E-state index is 12.1. The molecular formula is C13H13F2N3O. The van der Waals surface area contributed by atoms with Gasteiger partial charge in [-0.2, -0.15) is 8.78 Å². The first-order valence-electron chi connectivity index (χ1n) is 5.81. The summed E-state index contributed by atoms with van der Waals surface area (Å²) in [5, 5.41) is 3.10. The third-order valence-corrected chi connectivity index (χ3v) is 2.40. The number of ether oxygens (including phenoxy) is 1. The SMILES string of the molecule is CCNc1nccnc1-c1ccc(OC(F)F)cc1. The van der Waals surface area contributed by atoms with Crippen LogP contribution in [0.15, 0.2) is 36.7 Å². The Morgan fingerprint density at radius 2 is 1.84 bits per heavy atom. The Kier molecular flexibility index (Phi) is 4.22. The Morgan fingerprint density at radius 3 is 2.47 bits per heavy atom. The number of anilines is 1. The minimum Gasteiger partial charge on any atom is -0.435 e. The topological polar surface area (TPSA) is 47.0 Å². The van der Waals surface area contributed by atoms with E-state index in [1.807, 2.05) is 6.92 Å². The molecule has 0 bridgehead atoms. The van der Waals surface area contributed by atoms with E-state index in [0.29, 0.717) is 11.5 Å². The van der Waals surface area contributed by atoms with Crippen LogP contribution in [-0.4, -0.2) is 23.1 Å².